The molecular formula is C19H16Cl3NO5S. The summed E-state index contributed by atoms with van der Waals surface area (Å²) in [6, 6.07) is 8.15. The van der Waals surface area contributed by atoms with E-state index in [0.717, 1.165) is 18.9 Å². The van der Waals surface area contributed by atoms with Crippen LogP contribution in [0.4, 0.5) is 0 Å². The number of halogens is 3. The number of hydrogen-bond donors (Lipinski definition) is 0. The first-order valence-electron chi connectivity index (χ1n) is 8.65. The normalized spacial score (nSPS) is 14.7. The van der Waals surface area contributed by atoms with Crippen molar-refractivity contribution in [3.63, 3.8) is 0 Å². The Bertz CT molecular complexity index is 1070. The number of hydrogen-bond acceptors (Lipinski definition) is 5. The number of sulfonamides is 1. The molecule has 10 heteroatoms. The maximum atomic E-state index is 12.7. The molecule has 1 fully saturated rings. The Balaban J connectivity index is 1.76. The summed E-state index contributed by atoms with van der Waals surface area (Å²) in [6.45, 7) is 0.280. The molecule has 3 rings (SSSR count). The van der Waals surface area contributed by atoms with Crippen molar-refractivity contribution in [2.24, 2.45) is 0 Å². The predicted molar refractivity (Wildman–Crippen MR) is 111 cm³/mol. The van der Waals surface area contributed by atoms with Crippen molar-refractivity contribution in [1.29, 1.82) is 0 Å². The first-order valence-corrected chi connectivity index (χ1v) is 11.2. The molecule has 1 saturated heterocycles. The maximum absolute atomic E-state index is 12.7. The van der Waals surface area contributed by atoms with E-state index >= 15 is 0 Å². The summed E-state index contributed by atoms with van der Waals surface area (Å²) < 4.78 is 31.8. The lowest BCUT2D eigenvalue weighted by molar-refractivity contribution is 0.0474. The smallest absolute Gasteiger partial charge is 0.340 e. The third kappa shape index (κ3) is 4.92. The summed E-state index contributed by atoms with van der Waals surface area (Å²) >= 11 is 17.8. The number of nitrogens with zero attached hydrogens (tertiary/aromatic N) is 1. The first kappa shape index (κ1) is 22.1. The molecule has 154 valence electrons. The molecule has 0 unspecified atom stereocenters. The average molecular weight is 477 g/mol. The second-order valence-electron chi connectivity index (χ2n) is 6.38. The van der Waals surface area contributed by atoms with E-state index in [0.29, 0.717) is 18.1 Å². The Hall–Kier alpha value is -1.64. The SMILES string of the molecule is O=C(COC(=O)c1cc(S(=O)(=O)N2CCCC2)ccc1Cl)c1ccc(Cl)cc1Cl. The molecule has 0 radical (unpaired) electrons. The van der Waals surface area contributed by atoms with Crippen molar-refractivity contribution in [3.8, 4) is 0 Å². The van der Waals surface area contributed by atoms with E-state index in [4.69, 9.17) is 39.5 Å². The second kappa shape index (κ2) is 9.02. The number of ketones is 1. The van der Waals surface area contributed by atoms with Gasteiger partial charge in [0.1, 0.15) is 0 Å². The molecule has 1 aliphatic heterocycles. The van der Waals surface area contributed by atoms with Crippen LogP contribution in [0.2, 0.25) is 15.1 Å². The number of benzene rings is 2. The van der Waals surface area contributed by atoms with E-state index in [-0.39, 0.29) is 26.1 Å². The van der Waals surface area contributed by atoms with Gasteiger partial charge in [0.15, 0.2) is 6.61 Å². The van der Waals surface area contributed by atoms with Gasteiger partial charge in [-0.25, -0.2) is 13.2 Å². The van der Waals surface area contributed by atoms with Crippen LogP contribution in [0.15, 0.2) is 41.3 Å². The summed E-state index contributed by atoms with van der Waals surface area (Å²) in [5.74, 6) is -1.44. The molecule has 0 amide bonds. The first-order chi connectivity index (χ1) is 13.7. The molecule has 2 aromatic rings. The number of carbonyl (C=O) groups excluding carboxylic acids is 2. The zero-order valence-electron chi connectivity index (χ0n) is 15.0. The predicted octanol–water partition coefficient (Wildman–Crippen LogP) is 4.47. The Morgan fingerprint density at radius 3 is 2.28 bits per heavy atom. The molecule has 0 aliphatic carbocycles. The highest BCUT2D eigenvalue weighted by molar-refractivity contribution is 7.89. The quantitative estimate of drug-likeness (QED) is 0.454. The zero-order chi connectivity index (χ0) is 21.2. The van der Waals surface area contributed by atoms with Gasteiger partial charge in [0.25, 0.3) is 0 Å². The van der Waals surface area contributed by atoms with E-state index in [1.165, 1.54) is 34.6 Å². The molecule has 0 spiro atoms. The summed E-state index contributed by atoms with van der Waals surface area (Å²) in [6.07, 6.45) is 1.58. The number of esters is 1. The fourth-order valence-electron chi connectivity index (χ4n) is 2.90. The molecule has 0 atom stereocenters. The van der Waals surface area contributed by atoms with Crippen molar-refractivity contribution in [3.05, 3.63) is 62.6 Å². The zero-order valence-corrected chi connectivity index (χ0v) is 18.1. The second-order valence-corrected chi connectivity index (χ2v) is 9.57. The highest BCUT2D eigenvalue weighted by Gasteiger charge is 2.28. The van der Waals surface area contributed by atoms with Crippen molar-refractivity contribution in [2.45, 2.75) is 17.7 Å². The molecule has 0 bridgehead atoms. The van der Waals surface area contributed by atoms with E-state index in [2.05, 4.69) is 0 Å². The maximum Gasteiger partial charge on any atom is 0.340 e. The van der Waals surface area contributed by atoms with Crippen LogP contribution in [-0.4, -0.2) is 44.2 Å². The molecule has 0 N–H and O–H groups in total. The van der Waals surface area contributed by atoms with E-state index in [9.17, 15) is 18.0 Å². The van der Waals surface area contributed by atoms with Crippen molar-refractivity contribution < 1.29 is 22.7 Å². The third-order valence-corrected chi connectivity index (χ3v) is 7.20. The van der Waals surface area contributed by atoms with Crippen LogP contribution in [0.25, 0.3) is 0 Å². The van der Waals surface area contributed by atoms with Gasteiger partial charge in [-0.2, -0.15) is 4.31 Å². The number of Topliss-reactive ketones (excluding diaryl/α,β-unsaturated/α-hetero) is 1. The van der Waals surface area contributed by atoms with E-state index in [1.807, 2.05) is 0 Å². The lowest BCUT2D eigenvalue weighted by atomic mass is 10.1. The van der Waals surface area contributed by atoms with Gasteiger partial charge in [-0.3, -0.25) is 4.79 Å². The number of rotatable bonds is 6. The van der Waals surface area contributed by atoms with Gasteiger partial charge < -0.3 is 4.74 Å². The standard InChI is InChI=1S/C19H16Cl3NO5S/c20-12-3-5-14(17(22)9-12)18(24)11-28-19(25)15-10-13(4-6-16(15)21)29(26,27)23-7-1-2-8-23/h3-6,9-10H,1-2,7-8,11H2. The van der Waals surface area contributed by atoms with Gasteiger partial charge in [0, 0.05) is 23.7 Å². The minimum atomic E-state index is -3.73. The van der Waals surface area contributed by atoms with E-state index in [1.54, 1.807) is 0 Å². The Kier molecular flexibility index (Phi) is 6.86. The van der Waals surface area contributed by atoms with Crippen LogP contribution < -0.4 is 0 Å². The lowest BCUT2D eigenvalue weighted by Crippen LogP contribution is -2.28. The molecular weight excluding hydrogens is 461 g/mol. The average Bonchev–Trinajstić information content (AvgIpc) is 3.21. The highest BCUT2D eigenvalue weighted by atomic mass is 35.5. The van der Waals surface area contributed by atoms with Crippen LogP contribution in [0, 0.1) is 0 Å². The molecule has 29 heavy (non-hydrogen) atoms. The minimum absolute atomic E-state index is 0.0207. The lowest BCUT2D eigenvalue weighted by Gasteiger charge is -2.16. The molecule has 1 heterocycles. The van der Waals surface area contributed by atoms with Crippen LogP contribution >= 0.6 is 34.8 Å². The van der Waals surface area contributed by atoms with E-state index < -0.39 is 28.4 Å². The van der Waals surface area contributed by atoms with Crippen LogP contribution in [-0.2, 0) is 14.8 Å². The van der Waals surface area contributed by atoms with Crippen LogP contribution in [0.1, 0.15) is 33.6 Å². The largest absolute Gasteiger partial charge is 0.454 e. The Morgan fingerprint density at radius 1 is 0.931 bits per heavy atom. The molecule has 2 aromatic carbocycles. The van der Waals surface area contributed by atoms with Gasteiger partial charge in [0.05, 0.1) is 20.5 Å². The van der Waals surface area contributed by atoms with Gasteiger partial charge in [-0.05, 0) is 49.2 Å². The minimum Gasteiger partial charge on any atom is -0.454 e. The van der Waals surface area contributed by atoms with Gasteiger partial charge in [0.2, 0.25) is 15.8 Å². The monoisotopic (exact) mass is 475 g/mol. The summed E-state index contributed by atoms with van der Waals surface area (Å²) in [5, 5.41) is 0.522. The highest BCUT2D eigenvalue weighted by Crippen LogP contribution is 2.26. The van der Waals surface area contributed by atoms with Crippen LogP contribution in [0.3, 0.4) is 0 Å². The van der Waals surface area contributed by atoms with Crippen molar-refractivity contribution in [2.75, 3.05) is 19.7 Å². The number of carbonyl (C=O) groups is 2. The Morgan fingerprint density at radius 2 is 1.62 bits per heavy atom. The fourth-order valence-corrected chi connectivity index (χ4v) is 5.15. The van der Waals surface area contributed by atoms with Gasteiger partial charge in [-0.1, -0.05) is 34.8 Å². The molecule has 0 aromatic heterocycles. The van der Waals surface area contributed by atoms with Crippen LogP contribution in [0.5, 0.6) is 0 Å². The summed E-state index contributed by atoms with van der Waals surface area (Å²) in [5.41, 5.74) is 0.0160. The summed E-state index contributed by atoms with van der Waals surface area (Å²) in [4.78, 5) is 24.6. The molecule has 1 aliphatic rings. The molecule has 6 nitrogen and oxygen atoms in total. The van der Waals surface area contributed by atoms with Crippen molar-refractivity contribution >= 4 is 56.6 Å². The Labute approximate surface area is 183 Å². The third-order valence-electron chi connectivity index (χ3n) is 4.43. The number of ether oxygens (including phenoxy) is 1. The molecule has 0 saturated carbocycles. The van der Waals surface area contributed by atoms with Gasteiger partial charge in [-0.15, -0.1) is 0 Å². The van der Waals surface area contributed by atoms with Crippen molar-refractivity contribution in [1.82, 2.24) is 4.31 Å². The topological polar surface area (TPSA) is 80.8 Å². The fraction of sp³-hybridized carbons (Fsp3) is 0.263. The van der Waals surface area contributed by atoms with Gasteiger partial charge >= 0.3 is 5.97 Å². The summed E-state index contributed by atoms with van der Waals surface area (Å²) in [7, 11) is -3.73.